The molecule has 0 unspecified atom stereocenters. The number of amides is 2. The molecule has 6 nitrogen and oxygen atoms in total. The summed E-state index contributed by atoms with van der Waals surface area (Å²) in [6, 6.07) is 14.0. The van der Waals surface area contributed by atoms with Crippen LogP contribution in [-0.2, 0) is 14.3 Å². The van der Waals surface area contributed by atoms with Crippen molar-refractivity contribution in [3.63, 3.8) is 0 Å². The highest BCUT2D eigenvalue weighted by atomic mass is 35.5. The van der Waals surface area contributed by atoms with Crippen LogP contribution < -0.4 is 5.32 Å². The van der Waals surface area contributed by atoms with Crippen LogP contribution in [-0.4, -0.2) is 40.2 Å². The number of hydrogen-bond acceptors (Lipinski definition) is 6. The number of unbranched alkanes of at least 4 members (excludes halogenated alkanes) is 3. The fourth-order valence-electron chi connectivity index (χ4n) is 3.44. The number of nitrogens with zero attached hydrogens (tertiary/aromatic N) is 1. The number of hydrogen-bond donors (Lipinski definition) is 1. The summed E-state index contributed by atoms with van der Waals surface area (Å²) in [7, 11) is 0. The molecular weight excluding hydrogens is 516 g/mol. The van der Waals surface area contributed by atoms with Gasteiger partial charge in [0, 0.05) is 23.7 Å². The molecule has 0 spiro atoms. The van der Waals surface area contributed by atoms with Crippen LogP contribution in [0, 0.1) is 0 Å². The molecule has 190 valence electrons. The zero-order valence-electron chi connectivity index (χ0n) is 20.1. The van der Waals surface area contributed by atoms with Crippen molar-refractivity contribution in [2.45, 2.75) is 45.4 Å². The minimum atomic E-state index is -0.358. The van der Waals surface area contributed by atoms with E-state index in [1.54, 1.807) is 41.3 Å². The Kier molecular flexibility index (Phi) is 11.0. The maximum absolute atomic E-state index is 12.7. The number of carbonyl (C=O) groups is 3. The van der Waals surface area contributed by atoms with E-state index in [2.05, 4.69) is 5.32 Å². The van der Waals surface area contributed by atoms with E-state index in [-0.39, 0.29) is 17.8 Å². The van der Waals surface area contributed by atoms with Crippen LogP contribution in [0.4, 0.5) is 5.69 Å². The molecule has 0 aromatic heterocycles. The minimum Gasteiger partial charge on any atom is -0.462 e. The number of nitrogens with one attached hydrogen (secondary N) is 1. The molecule has 0 bridgehead atoms. The van der Waals surface area contributed by atoms with E-state index in [0.717, 1.165) is 31.2 Å². The molecule has 2 amide bonds. The third kappa shape index (κ3) is 8.47. The maximum atomic E-state index is 12.7. The van der Waals surface area contributed by atoms with Gasteiger partial charge in [-0.15, -0.1) is 0 Å². The molecule has 3 rings (SSSR count). The topological polar surface area (TPSA) is 75.7 Å². The van der Waals surface area contributed by atoms with Crippen molar-refractivity contribution in [2.75, 3.05) is 18.5 Å². The summed E-state index contributed by atoms with van der Waals surface area (Å²) in [5.74, 6) is -0.538. The van der Waals surface area contributed by atoms with Gasteiger partial charge in [-0.3, -0.25) is 14.5 Å². The molecule has 1 N–H and O–H groups in total. The number of carbonyl (C=O) groups excluding carboxylic acids is 3. The van der Waals surface area contributed by atoms with Crippen LogP contribution in [0.5, 0.6) is 0 Å². The summed E-state index contributed by atoms with van der Waals surface area (Å²) < 4.78 is 5.74. The van der Waals surface area contributed by atoms with Gasteiger partial charge in [-0.1, -0.05) is 67.5 Å². The quantitative estimate of drug-likeness (QED) is 0.139. The van der Waals surface area contributed by atoms with Crippen LogP contribution in [0.15, 0.2) is 53.4 Å². The molecule has 0 saturated carbocycles. The van der Waals surface area contributed by atoms with Gasteiger partial charge in [0.2, 0.25) is 5.91 Å². The standard InChI is InChI=1S/C27H29ClN2O4S2/c1-2-3-17-34-26(33)20-10-14-22(15-11-20)29-24(31)7-5-4-6-16-30-25(32)23(36-27(30)35)18-19-8-12-21(28)13-9-19/h8-15,18H,2-7,16-17H2,1H3,(H,29,31). The van der Waals surface area contributed by atoms with E-state index < -0.39 is 0 Å². The van der Waals surface area contributed by atoms with Gasteiger partial charge in [-0.25, -0.2) is 4.79 Å². The summed E-state index contributed by atoms with van der Waals surface area (Å²) in [6.45, 7) is 2.97. The number of rotatable bonds is 12. The Balaban J connectivity index is 1.36. The van der Waals surface area contributed by atoms with Crippen molar-refractivity contribution in [2.24, 2.45) is 0 Å². The number of ether oxygens (including phenoxy) is 1. The van der Waals surface area contributed by atoms with Gasteiger partial charge in [0.05, 0.1) is 17.1 Å². The number of halogens is 1. The number of esters is 1. The van der Waals surface area contributed by atoms with Gasteiger partial charge >= 0.3 is 5.97 Å². The van der Waals surface area contributed by atoms with Gasteiger partial charge in [0.25, 0.3) is 5.91 Å². The molecule has 0 aliphatic carbocycles. The summed E-state index contributed by atoms with van der Waals surface area (Å²) in [5.41, 5.74) is 1.99. The Morgan fingerprint density at radius 2 is 1.78 bits per heavy atom. The van der Waals surface area contributed by atoms with Crippen LogP contribution in [0.3, 0.4) is 0 Å². The third-order valence-electron chi connectivity index (χ3n) is 5.46. The van der Waals surface area contributed by atoms with E-state index >= 15 is 0 Å². The summed E-state index contributed by atoms with van der Waals surface area (Å²) >= 11 is 12.6. The molecule has 2 aromatic rings. The highest BCUT2D eigenvalue weighted by Crippen LogP contribution is 2.33. The molecule has 1 saturated heterocycles. The molecule has 9 heteroatoms. The van der Waals surface area contributed by atoms with Crippen LogP contribution in [0.2, 0.25) is 5.02 Å². The van der Waals surface area contributed by atoms with Gasteiger partial charge in [-0.05, 0) is 67.3 Å². The molecule has 1 aliphatic heterocycles. The Morgan fingerprint density at radius 3 is 2.47 bits per heavy atom. The molecule has 36 heavy (non-hydrogen) atoms. The third-order valence-corrected chi connectivity index (χ3v) is 7.09. The fraction of sp³-hybridized carbons (Fsp3) is 0.333. The molecule has 0 radical (unpaired) electrons. The lowest BCUT2D eigenvalue weighted by atomic mass is 10.1. The number of thioether (sulfide) groups is 1. The van der Waals surface area contributed by atoms with Crippen LogP contribution >= 0.6 is 35.6 Å². The SMILES string of the molecule is CCCCOC(=O)c1ccc(NC(=O)CCCCCN2C(=O)C(=Cc3ccc(Cl)cc3)SC2=S)cc1. The van der Waals surface area contributed by atoms with Crippen molar-refractivity contribution in [1.29, 1.82) is 0 Å². The lowest BCUT2D eigenvalue weighted by Gasteiger charge is -2.14. The zero-order chi connectivity index (χ0) is 25.9. The number of thiocarbonyl (C=S) groups is 1. The second-order valence-corrected chi connectivity index (χ2v) is 10.4. The highest BCUT2D eigenvalue weighted by molar-refractivity contribution is 8.26. The highest BCUT2D eigenvalue weighted by Gasteiger charge is 2.31. The molecule has 0 atom stereocenters. The van der Waals surface area contributed by atoms with Gasteiger partial charge in [0.1, 0.15) is 4.32 Å². The lowest BCUT2D eigenvalue weighted by molar-refractivity contribution is -0.122. The monoisotopic (exact) mass is 544 g/mol. The Hall–Kier alpha value is -2.68. The Bertz CT molecular complexity index is 1120. The fourth-order valence-corrected chi connectivity index (χ4v) is 4.88. The smallest absolute Gasteiger partial charge is 0.338 e. The second-order valence-electron chi connectivity index (χ2n) is 8.31. The average molecular weight is 545 g/mol. The molecule has 1 aliphatic rings. The summed E-state index contributed by atoms with van der Waals surface area (Å²) in [6.07, 6.45) is 6.24. The first-order valence-electron chi connectivity index (χ1n) is 12.0. The lowest BCUT2D eigenvalue weighted by Crippen LogP contribution is -2.29. The molecule has 2 aromatic carbocycles. The zero-order valence-corrected chi connectivity index (χ0v) is 22.5. The van der Waals surface area contributed by atoms with Crippen molar-refractivity contribution in [3.8, 4) is 0 Å². The average Bonchev–Trinajstić information content (AvgIpc) is 3.13. The minimum absolute atomic E-state index is 0.0876. The first-order chi connectivity index (χ1) is 17.4. The van der Waals surface area contributed by atoms with E-state index in [9.17, 15) is 14.4 Å². The first kappa shape index (κ1) is 27.9. The Labute approximate surface area is 226 Å². The van der Waals surface area contributed by atoms with Gasteiger partial charge in [0.15, 0.2) is 0 Å². The molecule has 1 heterocycles. The van der Waals surface area contributed by atoms with Gasteiger partial charge < -0.3 is 10.1 Å². The van der Waals surface area contributed by atoms with E-state index in [1.807, 2.05) is 25.1 Å². The number of anilines is 1. The van der Waals surface area contributed by atoms with Crippen molar-refractivity contribution in [1.82, 2.24) is 4.90 Å². The van der Waals surface area contributed by atoms with Crippen molar-refractivity contribution in [3.05, 3.63) is 69.6 Å². The van der Waals surface area contributed by atoms with Gasteiger partial charge in [-0.2, -0.15) is 0 Å². The summed E-state index contributed by atoms with van der Waals surface area (Å²) in [4.78, 5) is 39.2. The first-order valence-corrected chi connectivity index (χ1v) is 13.6. The predicted molar refractivity (Wildman–Crippen MR) is 150 cm³/mol. The normalized spacial score (nSPS) is 14.4. The van der Waals surface area contributed by atoms with E-state index in [0.29, 0.717) is 51.5 Å². The van der Waals surface area contributed by atoms with Crippen LogP contribution in [0.25, 0.3) is 6.08 Å². The van der Waals surface area contributed by atoms with E-state index in [1.165, 1.54) is 11.8 Å². The van der Waals surface area contributed by atoms with E-state index in [4.69, 9.17) is 28.6 Å². The second kappa shape index (κ2) is 14.2. The molecule has 1 fully saturated rings. The van der Waals surface area contributed by atoms with Crippen molar-refractivity contribution >= 4 is 69.4 Å². The predicted octanol–water partition coefficient (Wildman–Crippen LogP) is 6.70. The molecular formula is C27H29ClN2O4S2. The maximum Gasteiger partial charge on any atom is 0.338 e. The van der Waals surface area contributed by atoms with Crippen molar-refractivity contribution < 1.29 is 19.1 Å². The largest absolute Gasteiger partial charge is 0.462 e. The Morgan fingerprint density at radius 1 is 1.06 bits per heavy atom. The van der Waals surface area contributed by atoms with Crippen LogP contribution in [0.1, 0.15) is 61.4 Å². The number of benzene rings is 2. The summed E-state index contributed by atoms with van der Waals surface area (Å²) in [5, 5.41) is 3.49.